The Morgan fingerprint density at radius 1 is 1.12 bits per heavy atom. The lowest BCUT2D eigenvalue weighted by Crippen LogP contribution is -2.45. The molecule has 26 heavy (non-hydrogen) atoms. The molecule has 0 aromatic heterocycles. The molecule has 1 spiro atoms. The second kappa shape index (κ2) is 5.79. The third kappa shape index (κ3) is 2.33. The molecule has 8 heteroatoms. The minimum atomic E-state index is -1.64. The third-order valence-corrected chi connectivity index (χ3v) is 5.33. The number of nitrogens with zero attached hydrogens (tertiary/aromatic N) is 1. The number of rotatable bonds is 2. The average molecular weight is 393 g/mol. The van der Waals surface area contributed by atoms with Gasteiger partial charge in [-0.05, 0) is 42.0 Å². The number of imide groups is 1. The summed E-state index contributed by atoms with van der Waals surface area (Å²) in [6.07, 6.45) is -0.286. The van der Waals surface area contributed by atoms with Crippen LogP contribution in [-0.4, -0.2) is 17.7 Å². The van der Waals surface area contributed by atoms with Gasteiger partial charge in [0.25, 0.3) is 0 Å². The predicted molar refractivity (Wildman–Crippen MR) is 93.5 cm³/mol. The first-order valence-corrected chi connectivity index (χ1v) is 8.49. The zero-order valence-corrected chi connectivity index (χ0v) is 14.7. The summed E-state index contributed by atoms with van der Waals surface area (Å²) < 4.78 is 13.6. The molecule has 1 atom stereocenters. The smallest absolute Gasteiger partial charge is 0.248 e. The molecule has 2 aromatic rings. The minimum absolute atomic E-state index is 0.0344. The molecular formula is C18H11Cl2FN2O3. The molecule has 2 heterocycles. The molecule has 0 radical (unpaired) electrons. The minimum Gasteiger partial charge on any atom is -0.306 e. The van der Waals surface area contributed by atoms with Crippen LogP contribution >= 0.6 is 23.2 Å². The highest BCUT2D eigenvalue weighted by Gasteiger charge is 2.61. The second-order valence-corrected chi connectivity index (χ2v) is 7.09. The van der Waals surface area contributed by atoms with E-state index in [2.05, 4.69) is 5.32 Å². The molecule has 4 rings (SSSR count). The molecule has 2 aromatic carbocycles. The number of benzene rings is 2. The van der Waals surface area contributed by atoms with E-state index in [1.54, 1.807) is 12.1 Å². The van der Waals surface area contributed by atoms with E-state index < -0.39 is 29.0 Å². The highest BCUT2D eigenvalue weighted by atomic mass is 35.5. The summed E-state index contributed by atoms with van der Waals surface area (Å²) in [5.41, 5.74) is -0.435. The molecule has 5 nitrogen and oxygen atoms in total. The highest BCUT2D eigenvalue weighted by molar-refractivity contribution is 6.33. The normalized spacial score (nSPS) is 21.5. The highest BCUT2D eigenvalue weighted by Crippen LogP contribution is 2.48. The van der Waals surface area contributed by atoms with Crippen LogP contribution in [-0.2, 0) is 26.3 Å². The Bertz CT molecular complexity index is 994. The Kier molecular flexibility index (Phi) is 3.78. The molecule has 0 aliphatic carbocycles. The van der Waals surface area contributed by atoms with Gasteiger partial charge in [-0.1, -0.05) is 23.2 Å². The van der Waals surface area contributed by atoms with E-state index in [0.717, 1.165) is 0 Å². The molecule has 1 fully saturated rings. The number of halogens is 3. The van der Waals surface area contributed by atoms with Gasteiger partial charge in [0, 0.05) is 21.3 Å². The lowest BCUT2D eigenvalue weighted by atomic mass is 9.80. The molecule has 0 saturated carbocycles. The topological polar surface area (TPSA) is 66.5 Å². The predicted octanol–water partition coefficient (Wildman–Crippen LogP) is 2.96. The Hall–Kier alpha value is -2.44. The first-order chi connectivity index (χ1) is 12.3. The fraction of sp³-hybridized carbons (Fsp3) is 0.167. The number of anilines is 1. The van der Waals surface area contributed by atoms with Crippen LogP contribution in [0.5, 0.6) is 0 Å². The van der Waals surface area contributed by atoms with Crippen molar-refractivity contribution in [1.29, 1.82) is 0 Å². The second-order valence-electron chi connectivity index (χ2n) is 6.25. The van der Waals surface area contributed by atoms with Gasteiger partial charge in [0.15, 0.2) is 5.41 Å². The summed E-state index contributed by atoms with van der Waals surface area (Å²) in [5.74, 6) is -2.25. The van der Waals surface area contributed by atoms with Crippen LogP contribution < -0.4 is 10.2 Å². The third-order valence-electron chi connectivity index (χ3n) is 4.72. The zero-order valence-electron chi connectivity index (χ0n) is 13.2. The standard InChI is InChI=1S/C18H11Cl2FN2O3/c19-10-1-4-14-12(6-10)18(7-15(24)22-16(18)25)17(26)23(14)8-9-5-11(21)2-3-13(9)20/h1-6H,7-8H2,(H,22,24,25). The number of hydrogen-bond acceptors (Lipinski definition) is 3. The number of carbonyl (C=O) groups is 3. The van der Waals surface area contributed by atoms with Gasteiger partial charge < -0.3 is 4.90 Å². The summed E-state index contributed by atoms with van der Waals surface area (Å²) in [5, 5.41) is 2.83. The summed E-state index contributed by atoms with van der Waals surface area (Å²) >= 11 is 12.2. The van der Waals surface area contributed by atoms with E-state index in [0.29, 0.717) is 26.9 Å². The van der Waals surface area contributed by atoms with Crippen LogP contribution in [0.15, 0.2) is 36.4 Å². The maximum Gasteiger partial charge on any atom is 0.248 e. The molecule has 1 unspecified atom stereocenters. The van der Waals surface area contributed by atoms with Gasteiger partial charge in [-0.3, -0.25) is 19.7 Å². The average Bonchev–Trinajstić information content (AvgIpc) is 3.00. The van der Waals surface area contributed by atoms with Crippen molar-refractivity contribution in [2.24, 2.45) is 0 Å². The van der Waals surface area contributed by atoms with E-state index in [1.807, 2.05) is 0 Å². The fourth-order valence-corrected chi connectivity index (χ4v) is 3.87. The summed E-state index contributed by atoms with van der Waals surface area (Å²) in [4.78, 5) is 38.8. The molecule has 2 aliphatic heterocycles. The number of hydrogen-bond donors (Lipinski definition) is 1. The number of fused-ring (bicyclic) bond motifs is 2. The lowest BCUT2D eigenvalue weighted by molar-refractivity contribution is -0.133. The first kappa shape index (κ1) is 17.0. The van der Waals surface area contributed by atoms with Gasteiger partial charge in [0.2, 0.25) is 17.7 Å². The van der Waals surface area contributed by atoms with Crippen LogP contribution in [0.25, 0.3) is 0 Å². The molecular weight excluding hydrogens is 382 g/mol. The van der Waals surface area contributed by atoms with Gasteiger partial charge in [0.1, 0.15) is 5.82 Å². The largest absolute Gasteiger partial charge is 0.306 e. The Morgan fingerprint density at radius 2 is 1.88 bits per heavy atom. The molecule has 132 valence electrons. The molecule has 1 N–H and O–H groups in total. The number of amides is 3. The van der Waals surface area contributed by atoms with Gasteiger partial charge in [-0.25, -0.2) is 4.39 Å². The van der Waals surface area contributed by atoms with Crippen LogP contribution in [0.2, 0.25) is 10.0 Å². The number of carbonyl (C=O) groups excluding carboxylic acids is 3. The van der Waals surface area contributed by atoms with Crippen molar-refractivity contribution in [3.8, 4) is 0 Å². The fourth-order valence-electron chi connectivity index (χ4n) is 3.52. The molecule has 3 amide bonds. The van der Waals surface area contributed by atoms with Gasteiger partial charge in [-0.2, -0.15) is 0 Å². The van der Waals surface area contributed by atoms with Crippen molar-refractivity contribution in [2.75, 3.05) is 4.90 Å². The summed E-state index contributed by atoms with van der Waals surface area (Å²) in [6, 6.07) is 8.55. The Labute approximate surface area is 157 Å². The molecule has 1 saturated heterocycles. The van der Waals surface area contributed by atoms with Gasteiger partial charge in [0.05, 0.1) is 13.0 Å². The van der Waals surface area contributed by atoms with E-state index in [-0.39, 0.29) is 13.0 Å². The van der Waals surface area contributed by atoms with Crippen LogP contribution in [0.4, 0.5) is 10.1 Å². The van der Waals surface area contributed by atoms with E-state index in [9.17, 15) is 18.8 Å². The van der Waals surface area contributed by atoms with E-state index in [1.165, 1.54) is 29.2 Å². The Balaban J connectivity index is 1.85. The van der Waals surface area contributed by atoms with Crippen LogP contribution in [0, 0.1) is 5.82 Å². The quantitative estimate of drug-likeness (QED) is 0.630. The Morgan fingerprint density at radius 3 is 2.58 bits per heavy atom. The van der Waals surface area contributed by atoms with Crippen molar-refractivity contribution in [3.05, 3.63) is 63.4 Å². The summed E-state index contributed by atoms with van der Waals surface area (Å²) in [6.45, 7) is -0.0344. The number of nitrogens with one attached hydrogen (secondary N) is 1. The monoisotopic (exact) mass is 392 g/mol. The van der Waals surface area contributed by atoms with Crippen LogP contribution in [0.1, 0.15) is 17.5 Å². The summed E-state index contributed by atoms with van der Waals surface area (Å²) in [7, 11) is 0. The van der Waals surface area contributed by atoms with Crippen LogP contribution in [0.3, 0.4) is 0 Å². The van der Waals surface area contributed by atoms with Crippen molar-refractivity contribution in [2.45, 2.75) is 18.4 Å². The maximum atomic E-state index is 13.6. The SMILES string of the molecule is O=C1CC2(C(=O)N1)C(=O)N(Cc1cc(F)ccc1Cl)c1ccc(Cl)cc12. The van der Waals surface area contributed by atoms with Crippen molar-refractivity contribution < 1.29 is 18.8 Å². The maximum absolute atomic E-state index is 13.6. The van der Waals surface area contributed by atoms with Gasteiger partial charge >= 0.3 is 0 Å². The molecule has 0 bridgehead atoms. The van der Waals surface area contributed by atoms with E-state index in [4.69, 9.17) is 23.2 Å². The first-order valence-electron chi connectivity index (χ1n) is 7.73. The van der Waals surface area contributed by atoms with Crippen molar-refractivity contribution in [3.63, 3.8) is 0 Å². The zero-order chi connectivity index (χ0) is 18.6. The van der Waals surface area contributed by atoms with Crippen molar-refractivity contribution >= 4 is 46.6 Å². The van der Waals surface area contributed by atoms with Crippen molar-refractivity contribution in [1.82, 2.24) is 5.32 Å². The lowest BCUT2D eigenvalue weighted by Gasteiger charge is -2.21. The molecule has 2 aliphatic rings. The van der Waals surface area contributed by atoms with Gasteiger partial charge in [-0.15, -0.1) is 0 Å². The van der Waals surface area contributed by atoms with E-state index >= 15 is 0 Å².